The van der Waals surface area contributed by atoms with Crippen LogP contribution in [-0.4, -0.2) is 86.9 Å². The Bertz CT molecular complexity index is 1850. The zero-order valence-corrected chi connectivity index (χ0v) is 32.8. The monoisotopic (exact) mass is 730 g/mol. The van der Waals surface area contributed by atoms with Crippen LogP contribution in [0.25, 0.3) is 11.1 Å². The summed E-state index contributed by atoms with van der Waals surface area (Å²) in [6.45, 7) is 0. The lowest BCUT2D eigenvalue weighted by molar-refractivity contribution is -0.462. The molecule has 0 aliphatic heterocycles. The predicted molar refractivity (Wildman–Crippen MR) is 213 cm³/mol. The van der Waals surface area contributed by atoms with Gasteiger partial charge in [0.1, 0.15) is 28.2 Å². The molecule has 2 aromatic carbocycles. The number of anilines is 2. The Balaban J connectivity index is 0.000000270. The molecule has 0 unspecified atom stereocenters. The summed E-state index contributed by atoms with van der Waals surface area (Å²) in [5, 5.41) is 0. The highest BCUT2D eigenvalue weighted by Gasteiger charge is 2.15. The fraction of sp³-hybridized carbons (Fsp3) is 0.182. The van der Waals surface area contributed by atoms with Gasteiger partial charge in [-0.1, -0.05) is 36.4 Å². The Morgan fingerprint density at radius 3 is 1.02 bits per heavy atom. The van der Waals surface area contributed by atoms with Crippen LogP contribution in [0.15, 0.2) is 157 Å². The summed E-state index contributed by atoms with van der Waals surface area (Å²) < 4.78 is 4.21. The maximum Gasteiger partial charge on any atom is 0.199 e. The number of rotatable bonds is 6. The van der Waals surface area contributed by atoms with Crippen LogP contribution in [0.1, 0.15) is 22.5 Å². The van der Waals surface area contributed by atoms with Gasteiger partial charge in [-0.2, -0.15) is 0 Å². The SMILES string of the molecule is CN(C)c1ccc(C(=C2C=CC(=[N+](C)C)C=C2)c2ccccn2)cc1.CN(C)c1ccc(C(=C2C=CC(=[N+](C)C)C=C2)c2ccccn2)cc1.[Cl-].[Cl-]. The van der Waals surface area contributed by atoms with Crippen molar-refractivity contribution in [3.05, 3.63) is 180 Å². The Morgan fingerprint density at radius 1 is 0.442 bits per heavy atom. The van der Waals surface area contributed by atoms with Crippen LogP contribution in [-0.2, 0) is 0 Å². The highest BCUT2D eigenvalue weighted by Crippen LogP contribution is 2.31. The van der Waals surface area contributed by atoms with Crippen molar-refractivity contribution in [3.8, 4) is 0 Å². The minimum absolute atomic E-state index is 0. The lowest BCUT2D eigenvalue weighted by Crippen LogP contribution is -3.00. The maximum absolute atomic E-state index is 4.59. The molecule has 0 amide bonds. The molecular weight excluding hydrogens is 683 g/mol. The average molecular weight is 732 g/mol. The Hall–Kier alpha value is -5.30. The molecule has 52 heavy (non-hydrogen) atoms. The van der Waals surface area contributed by atoms with Gasteiger partial charge in [-0.25, -0.2) is 9.15 Å². The number of benzene rings is 2. The lowest BCUT2D eigenvalue weighted by Gasteiger charge is -2.16. The molecule has 2 heterocycles. The molecule has 6 rings (SSSR count). The summed E-state index contributed by atoms with van der Waals surface area (Å²) in [5.41, 5.74) is 13.7. The topological polar surface area (TPSA) is 38.3 Å². The lowest BCUT2D eigenvalue weighted by atomic mass is 9.93. The van der Waals surface area contributed by atoms with Crippen LogP contribution >= 0.6 is 0 Å². The van der Waals surface area contributed by atoms with Crippen molar-refractivity contribution >= 4 is 33.9 Å². The van der Waals surface area contributed by atoms with Gasteiger partial charge in [0.25, 0.3) is 0 Å². The number of allylic oxidation sites excluding steroid dienone is 10. The van der Waals surface area contributed by atoms with Crippen LogP contribution < -0.4 is 34.6 Å². The highest BCUT2D eigenvalue weighted by atomic mass is 35.5. The highest BCUT2D eigenvalue weighted by molar-refractivity contribution is 6.04. The number of halogens is 2. The van der Waals surface area contributed by atoms with Gasteiger partial charge in [-0.3, -0.25) is 9.97 Å². The van der Waals surface area contributed by atoms with Crippen molar-refractivity contribution in [1.29, 1.82) is 0 Å². The zero-order valence-electron chi connectivity index (χ0n) is 31.3. The largest absolute Gasteiger partial charge is 1.00 e. The van der Waals surface area contributed by atoms with E-state index in [1.165, 1.54) is 45.1 Å². The van der Waals surface area contributed by atoms with Gasteiger partial charge in [-0.15, -0.1) is 0 Å². The summed E-state index contributed by atoms with van der Waals surface area (Å²) in [7, 11) is 16.4. The van der Waals surface area contributed by atoms with Crippen LogP contribution in [0.4, 0.5) is 11.4 Å². The third-order valence-electron chi connectivity index (χ3n) is 8.53. The summed E-state index contributed by atoms with van der Waals surface area (Å²) in [5.74, 6) is 0. The molecular formula is C44H48Cl2N6. The van der Waals surface area contributed by atoms with Crippen molar-refractivity contribution in [2.24, 2.45) is 0 Å². The van der Waals surface area contributed by atoms with E-state index in [0.717, 1.165) is 22.5 Å². The van der Waals surface area contributed by atoms with E-state index in [9.17, 15) is 0 Å². The molecule has 0 atom stereocenters. The van der Waals surface area contributed by atoms with Crippen LogP contribution in [0, 0.1) is 0 Å². The van der Waals surface area contributed by atoms with E-state index < -0.39 is 0 Å². The Labute approximate surface area is 322 Å². The molecule has 0 saturated heterocycles. The first-order valence-corrected chi connectivity index (χ1v) is 16.8. The molecule has 0 saturated carbocycles. The van der Waals surface area contributed by atoms with E-state index in [0.29, 0.717) is 0 Å². The number of hydrogen-bond acceptors (Lipinski definition) is 4. The van der Waals surface area contributed by atoms with Gasteiger partial charge in [0, 0.05) is 87.4 Å². The Morgan fingerprint density at radius 2 is 0.769 bits per heavy atom. The van der Waals surface area contributed by atoms with Gasteiger partial charge in [0.15, 0.2) is 11.4 Å². The quantitative estimate of drug-likeness (QED) is 0.283. The number of pyridine rings is 2. The summed E-state index contributed by atoms with van der Waals surface area (Å²) >= 11 is 0. The second-order valence-corrected chi connectivity index (χ2v) is 12.9. The molecule has 268 valence electrons. The zero-order chi connectivity index (χ0) is 35.6. The molecule has 4 aromatic rings. The molecule has 0 radical (unpaired) electrons. The number of hydrogen-bond donors (Lipinski definition) is 0. The van der Waals surface area contributed by atoms with Gasteiger partial charge in [0.05, 0.1) is 11.4 Å². The van der Waals surface area contributed by atoms with Crippen molar-refractivity contribution in [2.45, 2.75) is 0 Å². The van der Waals surface area contributed by atoms with Crippen LogP contribution in [0.2, 0.25) is 0 Å². The van der Waals surface area contributed by atoms with Gasteiger partial charge in [0.2, 0.25) is 0 Å². The first-order valence-electron chi connectivity index (χ1n) is 16.8. The van der Waals surface area contributed by atoms with E-state index >= 15 is 0 Å². The molecule has 0 N–H and O–H groups in total. The Kier molecular flexibility index (Phi) is 15.3. The third kappa shape index (κ3) is 10.4. The molecule has 8 heteroatoms. The molecule has 2 aromatic heterocycles. The van der Waals surface area contributed by atoms with Crippen LogP contribution in [0.3, 0.4) is 0 Å². The molecule has 0 fully saturated rings. The summed E-state index contributed by atoms with van der Waals surface area (Å²) in [6, 6.07) is 29.3. The van der Waals surface area contributed by atoms with Gasteiger partial charge in [-0.05, 0) is 95.1 Å². The molecule has 0 bridgehead atoms. The van der Waals surface area contributed by atoms with E-state index in [1.54, 1.807) is 0 Å². The van der Waals surface area contributed by atoms with Crippen molar-refractivity contribution in [1.82, 2.24) is 9.97 Å². The van der Waals surface area contributed by atoms with E-state index in [1.807, 2.05) is 36.7 Å². The smallest absolute Gasteiger partial charge is 0.199 e. The summed E-state index contributed by atoms with van der Waals surface area (Å²) in [6.07, 6.45) is 20.9. The first-order chi connectivity index (χ1) is 24.1. The first kappa shape index (κ1) is 41.1. The van der Waals surface area contributed by atoms with Crippen molar-refractivity contribution in [2.75, 3.05) is 66.2 Å². The van der Waals surface area contributed by atoms with Crippen molar-refractivity contribution in [3.63, 3.8) is 0 Å². The molecule has 2 aliphatic rings. The van der Waals surface area contributed by atoms with E-state index in [4.69, 9.17) is 0 Å². The van der Waals surface area contributed by atoms with E-state index in [2.05, 4.69) is 195 Å². The molecule has 2 aliphatic carbocycles. The maximum atomic E-state index is 4.59. The second-order valence-electron chi connectivity index (χ2n) is 12.9. The molecule has 6 nitrogen and oxygen atoms in total. The fourth-order valence-corrected chi connectivity index (χ4v) is 5.65. The normalized spacial score (nSPS) is 12.6. The van der Waals surface area contributed by atoms with Crippen molar-refractivity contribution < 1.29 is 34.0 Å². The number of nitrogens with zero attached hydrogens (tertiary/aromatic N) is 6. The second kappa shape index (κ2) is 19.3. The standard InChI is InChI=1S/2C22H24N3.2ClH/c2*1-24(2)19-12-8-17(9-13-19)22(21-7-5-6-16-23-21)18-10-14-20(15-11-18)25(3)4;;/h2*5-16H,1-4H3;2*1H/q2*+1;;/p-2. The number of aromatic nitrogens is 2. The predicted octanol–water partition coefficient (Wildman–Crippen LogP) is 1.59. The fourth-order valence-electron chi connectivity index (χ4n) is 5.65. The van der Waals surface area contributed by atoms with E-state index in [-0.39, 0.29) is 24.8 Å². The average Bonchev–Trinajstić information content (AvgIpc) is 3.14. The van der Waals surface area contributed by atoms with Gasteiger partial charge < -0.3 is 34.6 Å². The van der Waals surface area contributed by atoms with Crippen LogP contribution in [0.5, 0.6) is 0 Å². The minimum Gasteiger partial charge on any atom is -1.00 e. The molecule has 0 spiro atoms. The third-order valence-corrected chi connectivity index (χ3v) is 8.53. The minimum atomic E-state index is 0. The summed E-state index contributed by atoms with van der Waals surface area (Å²) in [4.78, 5) is 13.4. The van der Waals surface area contributed by atoms with Gasteiger partial charge >= 0.3 is 0 Å².